The molecule has 4 rings (SSSR count). The fraction of sp³-hybridized carbons (Fsp3) is 0.231. The topological polar surface area (TPSA) is 69.9 Å². The van der Waals surface area contributed by atoms with E-state index in [1.54, 1.807) is 12.4 Å². The number of carbonyl (C=O) groups excluding carboxylic acids is 1. The van der Waals surface area contributed by atoms with Gasteiger partial charge in [-0.1, -0.05) is 66.4 Å². The molecule has 0 saturated heterocycles. The maximum atomic E-state index is 12.8. The number of ketones is 1. The molecule has 168 valence electrons. The Hall–Kier alpha value is -3.29. The summed E-state index contributed by atoms with van der Waals surface area (Å²) in [6.45, 7) is 4.06. The highest BCUT2D eigenvalue weighted by atomic mass is 32.2. The van der Waals surface area contributed by atoms with Crippen molar-refractivity contribution in [1.82, 2.24) is 19.7 Å². The molecule has 4 aromatic rings. The van der Waals surface area contributed by atoms with Crippen molar-refractivity contribution in [3.8, 4) is 22.5 Å². The van der Waals surface area contributed by atoms with Crippen LogP contribution in [0.4, 0.5) is 0 Å². The van der Waals surface area contributed by atoms with Crippen LogP contribution in [-0.4, -0.2) is 44.5 Å². The van der Waals surface area contributed by atoms with Crippen molar-refractivity contribution < 1.29 is 9.53 Å². The van der Waals surface area contributed by atoms with Crippen molar-refractivity contribution in [2.24, 2.45) is 0 Å². The van der Waals surface area contributed by atoms with Gasteiger partial charge < -0.3 is 9.30 Å². The zero-order chi connectivity index (χ0) is 22.9. The second-order valence-electron chi connectivity index (χ2n) is 7.40. The molecular weight excluding hydrogens is 432 g/mol. The molecule has 0 aliphatic heterocycles. The van der Waals surface area contributed by atoms with Crippen molar-refractivity contribution in [3.05, 3.63) is 84.7 Å². The molecule has 0 fully saturated rings. The summed E-state index contributed by atoms with van der Waals surface area (Å²) in [5, 5.41) is 9.50. The summed E-state index contributed by atoms with van der Waals surface area (Å²) in [5.41, 5.74) is 3.87. The second-order valence-corrected chi connectivity index (χ2v) is 8.34. The lowest BCUT2D eigenvalue weighted by atomic mass is 10.0. The van der Waals surface area contributed by atoms with E-state index in [4.69, 9.17) is 4.74 Å². The number of ether oxygens (including phenoxy) is 1. The number of rotatable bonds is 11. The lowest BCUT2D eigenvalue weighted by molar-refractivity contribution is 0.102. The predicted octanol–water partition coefficient (Wildman–Crippen LogP) is 5.41. The Morgan fingerprint density at radius 2 is 1.64 bits per heavy atom. The van der Waals surface area contributed by atoms with Crippen molar-refractivity contribution in [3.63, 3.8) is 0 Å². The summed E-state index contributed by atoms with van der Waals surface area (Å²) in [5.74, 6) is 1.13. The standard InChI is InChI=1S/C26H26N4O2S/c1-2-32-18-6-17-30-25(23-13-15-27-16-14-23)28-29-26(30)33-19-24(31)22-11-9-21(10-12-22)20-7-4-3-5-8-20/h3-5,7-16H,2,6,17-19H2,1H3. The van der Waals surface area contributed by atoms with Crippen LogP contribution in [-0.2, 0) is 11.3 Å². The molecule has 2 heterocycles. The van der Waals surface area contributed by atoms with Gasteiger partial charge in [0.15, 0.2) is 16.8 Å². The molecule has 0 bridgehead atoms. The highest BCUT2D eigenvalue weighted by Crippen LogP contribution is 2.25. The SMILES string of the molecule is CCOCCCn1c(SCC(=O)c2ccc(-c3ccccc3)cc2)nnc1-c1ccncc1. The Balaban J connectivity index is 1.45. The molecule has 2 aromatic heterocycles. The van der Waals surface area contributed by atoms with E-state index in [1.165, 1.54) is 11.8 Å². The van der Waals surface area contributed by atoms with Crippen LogP contribution in [0.5, 0.6) is 0 Å². The normalized spacial score (nSPS) is 10.9. The van der Waals surface area contributed by atoms with E-state index in [2.05, 4.69) is 31.9 Å². The molecule has 0 N–H and O–H groups in total. The third-order valence-electron chi connectivity index (χ3n) is 5.18. The Labute approximate surface area is 198 Å². The summed E-state index contributed by atoms with van der Waals surface area (Å²) < 4.78 is 7.55. The minimum Gasteiger partial charge on any atom is -0.382 e. The average molecular weight is 459 g/mol. The number of carbonyl (C=O) groups is 1. The van der Waals surface area contributed by atoms with E-state index >= 15 is 0 Å². The van der Waals surface area contributed by atoms with Crippen LogP contribution in [0, 0.1) is 0 Å². The molecule has 2 aromatic carbocycles. The van der Waals surface area contributed by atoms with Gasteiger partial charge in [-0.05, 0) is 36.6 Å². The third kappa shape index (κ3) is 5.94. The minimum atomic E-state index is 0.0638. The zero-order valence-electron chi connectivity index (χ0n) is 18.6. The minimum absolute atomic E-state index is 0.0638. The maximum absolute atomic E-state index is 12.8. The van der Waals surface area contributed by atoms with Crippen LogP contribution in [0.3, 0.4) is 0 Å². The lowest BCUT2D eigenvalue weighted by Gasteiger charge is -2.10. The van der Waals surface area contributed by atoms with Gasteiger partial charge >= 0.3 is 0 Å². The smallest absolute Gasteiger partial charge is 0.191 e. The van der Waals surface area contributed by atoms with Crippen LogP contribution in [0.15, 0.2) is 84.3 Å². The van der Waals surface area contributed by atoms with Crippen LogP contribution < -0.4 is 0 Å². The van der Waals surface area contributed by atoms with Gasteiger partial charge in [-0.25, -0.2) is 0 Å². The fourth-order valence-corrected chi connectivity index (χ4v) is 4.33. The van der Waals surface area contributed by atoms with E-state index in [1.807, 2.05) is 61.5 Å². The average Bonchev–Trinajstić information content (AvgIpc) is 3.29. The van der Waals surface area contributed by atoms with Crippen LogP contribution in [0.25, 0.3) is 22.5 Å². The molecule has 7 heteroatoms. The third-order valence-corrected chi connectivity index (χ3v) is 6.14. The largest absolute Gasteiger partial charge is 0.382 e. The Kier molecular flexibility index (Phi) is 8.00. The highest BCUT2D eigenvalue weighted by Gasteiger charge is 2.16. The first-order valence-corrected chi connectivity index (χ1v) is 12.0. The molecule has 0 aliphatic rings. The van der Waals surface area contributed by atoms with Gasteiger partial charge in [-0.2, -0.15) is 0 Å². The fourth-order valence-electron chi connectivity index (χ4n) is 3.47. The van der Waals surface area contributed by atoms with E-state index in [-0.39, 0.29) is 5.78 Å². The molecule has 0 amide bonds. The van der Waals surface area contributed by atoms with Crippen LogP contribution in [0.1, 0.15) is 23.7 Å². The number of nitrogens with zero attached hydrogens (tertiary/aromatic N) is 4. The summed E-state index contributed by atoms with van der Waals surface area (Å²) >= 11 is 1.41. The Morgan fingerprint density at radius 3 is 2.36 bits per heavy atom. The number of hydrogen-bond acceptors (Lipinski definition) is 6. The van der Waals surface area contributed by atoms with Crippen LogP contribution >= 0.6 is 11.8 Å². The first-order chi connectivity index (χ1) is 16.3. The molecular formula is C26H26N4O2S. The van der Waals surface area contributed by atoms with Gasteiger partial charge in [0.05, 0.1) is 5.75 Å². The second kappa shape index (κ2) is 11.5. The summed E-state index contributed by atoms with van der Waals surface area (Å²) in [6.07, 6.45) is 4.32. The molecule has 0 radical (unpaired) electrons. The van der Waals surface area contributed by atoms with Crippen molar-refractivity contribution in [2.45, 2.75) is 25.0 Å². The quantitative estimate of drug-likeness (QED) is 0.170. The Bertz CT molecular complexity index is 1160. The van der Waals surface area contributed by atoms with Gasteiger partial charge in [0.2, 0.25) is 0 Å². The van der Waals surface area contributed by atoms with E-state index in [0.717, 1.165) is 34.1 Å². The molecule has 33 heavy (non-hydrogen) atoms. The maximum Gasteiger partial charge on any atom is 0.191 e. The molecule has 0 atom stereocenters. The Morgan fingerprint density at radius 1 is 0.909 bits per heavy atom. The number of hydrogen-bond donors (Lipinski definition) is 0. The monoisotopic (exact) mass is 458 g/mol. The predicted molar refractivity (Wildman–Crippen MR) is 131 cm³/mol. The lowest BCUT2D eigenvalue weighted by Crippen LogP contribution is -2.08. The number of benzene rings is 2. The van der Waals surface area contributed by atoms with Gasteiger partial charge in [0.25, 0.3) is 0 Å². The van der Waals surface area contributed by atoms with Crippen molar-refractivity contribution in [1.29, 1.82) is 0 Å². The highest BCUT2D eigenvalue weighted by molar-refractivity contribution is 7.99. The molecule has 0 aliphatic carbocycles. The zero-order valence-corrected chi connectivity index (χ0v) is 19.4. The van der Waals surface area contributed by atoms with E-state index in [9.17, 15) is 4.79 Å². The molecule has 0 unspecified atom stereocenters. The van der Waals surface area contributed by atoms with Crippen LogP contribution in [0.2, 0.25) is 0 Å². The van der Waals surface area contributed by atoms with Gasteiger partial charge in [-0.15, -0.1) is 10.2 Å². The number of thioether (sulfide) groups is 1. The summed E-state index contributed by atoms with van der Waals surface area (Å²) in [4.78, 5) is 16.9. The summed E-state index contributed by atoms with van der Waals surface area (Å²) in [6, 6.07) is 21.7. The molecule has 6 nitrogen and oxygen atoms in total. The molecule has 0 spiro atoms. The van der Waals surface area contributed by atoms with Crippen molar-refractivity contribution in [2.75, 3.05) is 19.0 Å². The number of Topliss-reactive ketones (excluding diaryl/α,β-unsaturated/α-hetero) is 1. The molecule has 0 saturated carbocycles. The first kappa shape index (κ1) is 22.9. The summed E-state index contributed by atoms with van der Waals surface area (Å²) in [7, 11) is 0. The number of pyridine rings is 1. The van der Waals surface area contributed by atoms with E-state index < -0.39 is 0 Å². The van der Waals surface area contributed by atoms with Gasteiger partial charge in [0, 0.05) is 43.3 Å². The van der Waals surface area contributed by atoms with Crippen molar-refractivity contribution >= 4 is 17.5 Å². The van der Waals surface area contributed by atoms with Gasteiger partial charge in [-0.3, -0.25) is 9.78 Å². The first-order valence-electron chi connectivity index (χ1n) is 11.0. The van der Waals surface area contributed by atoms with Gasteiger partial charge in [0.1, 0.15) is 0 Å². The van der Waals surface area contributed by atoms with E-state index in [0.29, 0.717) is 31.1 Å². The number of aromatic nitrogens is 4.